The van der Waals surface area contributed by atoms with E-state index in [2.05, 4.69) is 15.4 Å². The number of ether oxygens (including phenoxy) is 1. The largest absolute Gasteiger partial charge is 0.573 e. The number of hydrogen-bond donors (Lipinski definition) is 2. The molecular weight excluding hydrogens is 287 g/mol. The van der Waals surface area contributed by atoms with Gasteiger partial charge in [0.1, 0.15) is 5.75 Å². The summed E-state index contributed by atoms with van der Waals surface area (Å²) in [6.07, 6.45) is -4.07. The van der Waals surface area contributed by atoms with E-state index in [4.69, 9.17) is 5.26 Å². The zero-order valence-corrected chi connectivity index (χ0v) is 11.2. The number of alkyl halides is 3. The number of urea groups is 1. The lowest BCUT2D eigenvalue weighted by atomic mass is 10.2. The highest BCUT2D eigenvalue weighted by molar-refractivity contribution is 5.89. The molecule has 0 aliphatic rings. The fraction of sp³-hybridized carbons (Fsp3) is 0.385. The van der Waals surface area contributed by atoms with Crippen molar-refractivity contribution in [3.63, 3.8) is 0 Å². The molecule has 0 saturated heterocycles. The molecule has 0 spiro atoms. The Kier molecular flexibility index (Phi) is 5.84. The molecule has 114 valence electrons. The molecule has 0 fully saturated rings. The molecule has 0 unspecified atom stereocenters. The van der Waals surface area contributed by atoms with E-state index in [9.17, 15) is 18.0 Å². The molecule has 8 heteroatoms. The van der Waals surface area contributed by atoms with Crippen LogP contribution in [-0.2, 0) is 0 Å². The molecule has 0 saturated carbocycles. The quantitative estimate of drug-likeness (QED) is 0.875. The lowest BCUT2D eigenvalue weighted by molar-refractivity contribution is -0.274. The molecule has 1 rings (SSSR count). The van der Waals surface area contributed by atoms with Crippen LogP contribution in [0.3, 0.4) is 0 Å². The average molecular weight is 301 g/mol. The van der Waals surface area contributed by atoms with Crippen LogP contribution >= 0.6 is 0 Å². The third-order valence-electron chi connectivity index (χ3n) is 2.49. The molecule has 2 amide bonds. The summed E-state index contributed by atoms with van der Waals surface area (Å²) in [6.45, 7) is 1.81. The van der Waals surface area contributed by atoms with Crippen LogP contribution in [-0.4, -0.2) is 18.4 Å². The summed E-state index contributed by atoms with van der Waals surface area (Å²) in [5.74, 6) is -0.427. The predicted molar refractivity (Wildman–Crippen MR) is 69.6 cm³/mol. The third-order valence-corrected chi connectivity index (χ3v) is 2.49. The standard InChI is InChI=1S/C13H14F3N3O2/c1-2-9(6-7-17)18-12(20)19-10-4-3-5-11(8-10)21-13(14,15)16/h3-5,8-9H,2,6H2,1H3,(H2,18,19,20)/t9-/m0/s1. The Hall–Kier alpha value is -2.43. The minimum atomic E-state index is -4.79. The predicted octanol–water partition coefficient (Wildman–Crippen LogP) is 3.40. The van der Waals surface area contributed by atoms with Crippen LogP contribution in [0.15, 0.2) is 24.3 Å². The summed E-state index contributed by atoms with van der Waals surface area (Å²) < 4.78 is 40.0. The Balaban J connectivity index is 2.64. The number of nitriles is 1. The average Bonchev–Trinajstić information content (AvgIpc) is 2.36. The molecule has 0 radical (unpaired) electrons. The van der Waals surface area contributed by atoms with E-state index in [0.717, 1.165) is 12.1 Å². The Morgan fingerprint density at radius 1 is 1.48 bits per heavy atom. The van der Waals surface area contributed by atoms with Crippen molar-refractivity contribution in [3.8, 4) is 11.8 Å². The van der Waals surface area contributed by atoms with Gasteiger partial charge < -0.3 is 15.4 Å². The van der Waals surface area contributed by atoms with Gasteiger partial charge in [-0.25, -0.2) is 4.79 Å². The maximum atomic E-state index is 12.1. The van der Waals surface area contributed by atoms with E-state index in [1.165, 1.54) is 12.1 Å². The Bertz CT molecular complexity index is 526. The smallest absolute Gasteiger partial charge is 0.406 e. The SMILES string of the molecule is CC[C@@H](CC#N)NC(=O)Nc1cccc(OC(F)(F)F)c1. The van der Waals surface area contributed by atoms with E-state index < -0.39 is 18.1 Å². The second-order valence-electron chi connectivity index (χ2n) is 4.14. The first kappa shape index (κ1) is 16.6. The first-order valence-electron chi connectivity index (χ1n) is 6.14. The van der Waals surface area contributed by atoms with Crippen LogP contribution in [0.1, 0.15) is 19.8 Å². The van der Waals surface area contributed by atoms with Gasteiger partial charge >= 0.3 is 12.4 Å². The van der Waals surface area contributed by atoms with Gasteiger partial charge in [0.05, 0.1) is 12.5 Å². The van der Waals surface area contributed by atoms with Crippen molar-refractivity contribution >= 4 is 11.7 Å². The molecule has 0 aliphatic carbocycles. The molecule has 1 atom stereocenters. The van der Waals surface area contributed by atoms with Crippen molar-refractivity contribution in [2.75, 3.05) is 5.32 Å². The third kappa shape index (κ3) is 6.51. The number of rotatable bonds is 5. The summed E-state index contributed by atoms with van der Waals surface area (Å²) in [5, 5.41) is 13.5. The van der Waals surface area contributed by atoms with Crippen LogP contribution in [0.25, 0.3) is 0 Å². The first-order valence-corrected chi connectivity index (χ1v) is 6.14. The highest BCUT2D eigenvalue weighted by Gasteiger charge is 2.31. The molecule has 21 heavy (non-hydrogen) atoms. The van der Waals surface area contributed by atoms with Crippen molar-refractivity contribution in [2.24, 2.45) is 0 Å². The number of carbonyl (C=O) groups excluding carboxylic acids is 1. The lowest BCUT2D eigenvalue weighted by Gasteiger charge is -2.15. The van der Waals surface area contributed by atoms with E-state index in [-0.39, 0.29) is 18.2 Å². The maximum Gasteiger partial charge on any atom is 0.573 e. The number of benzene rings is 1. The minimum absolute atomic E-state index is 0.154. The molecule has 1 aromatic carbocycles. The molecule has 0 bridgehead atoms. The number of amides is 2. The van der Waals surface area contributed by atoms with Gasteiger partial charge in [-0.2, -0.15) is 5.26 Å². The van der Waals surface area contributed by atoms with Crippen molar-refractivity contribution in [1.29, 1.82) is 5.26 Å². The van der Waals surface area contributed by atoms with Gasteiger partial charge in [-0.15, -0.1) is 13.2 Å². The van der Waals surface area contributed by atoms with E-state index >= 15 is 0 Å². The van der Waals surface area contributed by atoms with Crippen LogP contribution in [0.5, 0.6) is 5.75 Å². The topological polar surface area (TPSA) is 74.2 Å². The van der Waals surface area contributed by atoms with Crippen molar-refractivity contribution < 1.29 is 22.7 Å². The van der Waals surface area contributed by atoms with Gasteiger partial charge in [0.25, 0.3) is 0 Å². The number of halogens is 3. The van der Waals surface area contributed by atoms with Crippen molar-refractivity contribution in [2.45, 2.75) is 32.2 Å². The fourth-order valence-corrected chi connectivity index (χ4v) is 1.53. The summed E-state index contributed by atoms with van der Waals surface area (Å²) in [4.78, 5) is 11.7. The molecule has 5 nitrogen and oxygen atoms in total. The second kappa shape index (κ2) is 7.38. The monoisotopic (exact) mass is 301 g/mol. The normalized spacial score (nSPS) is 12.1. The number of hydrogen-bond acceptors (Lipinski definition) is 3. The van der Waals surface area contributed by atoms with Gasteiger partial charge in [-0.05, 0) is 18.6 Å². The van der Waals surface area contributed by atoms with Crippen molar-refractivity contribution in [3.05, 3.63) is 24.3 Å². The van der Waals surface area contributed by atoms with E-state index in [1.54, 1.807) is 6.92 Å². The highest BCUT2D eigenvalue weighted by atomic mass is 19.4. The summed E-state index contributed by atoms with van der Waals surface area (Å²) >= 11 is 0. The zero-order valence-electron chi connectivity index (χ0n) is 11.2. The van der Waals surface area contributed by atoms with Crippen molar-refractivity contribution in [1.82, 2.24) is 5.32 Å². The van der Waals surface area contributed by atoms with Crippen LogP contribution in [0, 0.1) is 11.3 Å². The van der Waals surface area contributed by atoms with Crippen LogP contribution in [0.4, 0.5) is 23.7 Å². The molecule has 0 aliphatic heterocycles. The van der Waals surface area contributed by atoms with E-state index in [0.29, 0.717) is 6.42 Å². The number of nitrogens with zero attached hydrogens (tertiary/aromatic N) is 1. The van der Waals surface area contributed by atoms with Crippen LogP contribution < -0.4 is 15.4 Å². The fourth-order valence-electron chi connectivity index (χ4n) is 1.53. The molecule has 1 aromatic rings. The van der Waals surface area contributed by atoms with E-state index in [1.807, 2.05) is 6.07 Å². The van der Waals surface area contributed by atoms with Gasteiger partial charge in [0.2, 0.25) is 0 Å². The summed E-state index contributed by atoms with van der Waals surface area (Å²) in [6, 6.07) is 5.95. The lowest BCUT2D eigenvalue weighted by Crippen LogP contribution is -2.37. The highest BCUT2D eigenvalue weighted by Crippen LogP contribution is 2.24. The Morgan fingerprint density at radius 3 is 2.76 bits per heavy atom. The minimum Gasteiger partial charge on any atom is -0.406 e. The summed E-state index contributed by atoms with van der Waals surface area (Å²) in [7, 11) is 0. The Labute approximate surface area is 119 Å². The molecule has 0 aromatic heterocycles. The maximum absolute atomic E-state index is 12.1. The number of nitrogens with one attached hydrogen (secondary N) is 2. The molecule has 0 heterocycles. The first-order chi connectivity index (χ1) is 9.84. The Morgan fingerprint density at radius 2 is 2.19 bits per heavy atom. The van der Waals surface area contributed by atoms with Gasteiger partial charge in [-0.3, -0.25) is 0 Å². The zero-order chi connectivity index (χ0) is 15.9. The summed E-state index contributed by atoms with van der Waals surface area (Å²) in [5.41, 5.74) is 0.154. The number of anilines is 1. The van der Waals surface area contributed by atoms with Gasteiger partial charge in [0.15, 0.2) is 0 Å². The van der Waals surface area contributed by atoms with Gasteiger partial charge in [0, 0.05) is 17.8 Å². The number of carbonyl (C=O) groups is 1. The second-order valence-corrected chi connectivity index (χ2v) is 4.14. The van der Waals surface area contributed by atoms with Gasteiger partial charge in [-0.1, -0.05) is 13.0 Å². The molecule has 2 N–H and O–H groups in total. The van der Waals surface area contributed by atoms with Crippen LogP contribution in [0.2, 0.25) is 0 Å². The molecular formula is C13H14F3N3O2.